The zero-order valence-electron chi connectivity index (χ0n) is 11.9. The Hall–Kier alpha value is -1.26. The number of methoxy groups -OCH3 is 1. The number of ether oxygens (including phenoxy) is 1. The highest BCUT2D eigenvalue weighted by Gasteiger charge is 2.12. The van der Waals surface area contributed by atoms with Gasteiger partial charge < -0.3 is 19.6 Å². The second-order valence-corrected chi connectivity index (χ2v) is 5.28. The molecular weight excluding hydrogens is 240 g/mol. The van der Waals surface area contributed by atoms with Crippen molar-refractivity contribution in [1.82, 2.24) is 9.80 Å². The molecule has 0 radical (unpaired) electrons. The van der Waals surface area contributed by atoms with Gasteiger partial charge in [0.15, 0.2) is 0 Å². The predicted octanol–water partition coefficient (Wildman–Crippen LogP) is 1.93. The van der Waals surface area contributed by atoms with E-state index < -0.39 is 0 Å². The van der Waals surface area contributed by atoms with Gasteiger partial charge in [0, 0.05) is 25.2 Å². The van der Waals surface area contributed by atoms with Crippen molar-refractivity contribution in [2.24, 2.45) is 0 Å². The second kappa shape index (κ2) is 6.78. The molecule has 1 aromatic rings. The molecule has 19 heavy (non-hydrogen) atoms. The molecule has 0 aromatic heterocycles. The van der Waals surface area contributed by atoms with Crippen LogP contribution in [0, 0.1) is 0 Å². The fourth-order valence-electron chi connectivity index (χ4n) is 2.50. The number of phenols is 1. The van der Waals surface area contributed by atoms with Gasteiger partial charge in [-0.15, -0.1) is 0 Å². The fraction of sp³-hybridized carbons (Fsp3) is 0.600. The van der Waals surface area contributed by atoms with Crippen molar-refractivity contribution in [2.45, 2.75) is 19.4 Å². The Balaban J connectivity index is 1.85. The molecule has 0 spiro atoms. The molecule has 0 unspecified atom stereocenters. The molecule has 1 saturated heterocycles. The van der Waals surface area contributed by atoms with Crippen molar-refractivity contribution in [3.05, 3.63) is 23.8 Å². The minimum Gasteiger partial charge on any atom is -0.508 e. The highest BCUT2D eigenvalue weighted by molar-refractivity contribution is 5.39. The number of aromatic hydroxyl groups is 1. The maximum absolute atomic E-state index is 9.87. The lowest BCUT2D eigenvalue weighted by Crippen LogP contribution is -2.31. The zero-order chi connectivity index (χ0) is 13.7. The van der Waals surface area contributed by atoms with Crippen LogP contribution < -0.4 is 4.74 Å². The molecule has 4 heteroatoms. The molecule has 1 aliphatic heterocycles. The van der Waals surface area contributed by atoms with Crippen molar-refractivity contribution in [3.63, 3.8) is 0 Å². The number of likely N-dealkylation sites (tertiary alicyclic amines) is 1. The number of hydrogen-bond acceptors (Lipinski definition) is 4. The summed E-state index contributed by atoms with van der Waals surface area (Å²) >= 11 is 0. The van der Waals surface area contributed by atoms with Crippen LogP contribution in [0.3, 0.4) is 0 Å². The van der Waals surface area contributed by atoms with E-state index in [0.29, 0.717) is 5.75 Å². The van der Waals surface area contributed by atoms with Gasteiger partial charge in [-0.3, -0.25) is 0 Å². The van der Waals surface area contributed by atoms with E-state index in [9.17, 15) is 5.11 Å². The minimum atomic E-state index is 0.342. The molecule has 0 saturated carbocycles. The van der Waals surface area contributed by atoms with Crippen LogP contribution in [-0.2, 0) is 6.54 Å². The van der Waals surface area contributed by atoms with E-state index in [0.717, 1.165) is 30.9 Å². The predicted molar refractivity (Wildman–Crippen MR) is 76.7 cm³/mol. The van der Waals surface area contributed by atoms with Crippen molar-refractivity contribution >= 4 is 0 Å². The summed E-state index contributed by atoms with van der Waals surface area (Å²) < 4.78 is 5.19. The lowest BCUT2D eigenvalue weighted by molar-refractivity contribution is 0.250. The van der Waals surface area contributed by atoms with Crippen LogP contribution in [0.25, 0.3) is 0 Å². The SMILES string of the molecule is COc1ccc(O)c(CN(C)CCN2CCCC2)c1. The third-order valence-electron chi connectivity index (χ3n) is 3.72. The molecule has 106 valence electrons. The Morgan fingerprint density at radius 3 is 2.74 bits per heavy atom. The maximum atomic E-state index is 9.87. The van der Waals surface area contributed by atoms with E-state index in [1.807, 2.05) is 6.07 Å². The van der Waals surface area contributed by atoms with Crippen LogP contribution in [0.1, 0.15) is 18.4 Å². The largest absolute Gasteiger partial charge is 0.508 e. The van der Waals surface area contributed by atoms with E-state index in [1.165, 1.54) is 25.9 Å². The Bertz CT molecular complexity index is 403. The number of hydrogen-bond donors (Lipinski definition) is 1. The quantitative estimate of drug-likeness (QED) is 0.851. The van der Waals surface area contributed by atoms with Gasteiger partial charge in [-0.05, 0) is 51.2 Å². The smallest absolute Gasteiger partial charge is 0.120 e. The Morgan fingerprint density at radius 1 is 1.32 bits per heavy atom. The molecule has 1 N–H and O–H groups in total. The summed E-state index contributed by atoms with van der Waals surface area (Å²) in [4.78, 5) is 4.74. The Labute approximate surface area is 115 Å². The Kier molecular flexibility index (Phi) is 5.05. The standard InChI is InChI=1S/C15H24N2O2/c1-16(9-10-17-7-3-4-8-17)12-13-11-14(19-2)5-6-15(13)18/h5-6,11,18H,3-4,7-10,12H2,1-2H3. The average molecular weight is 264 g/mol. The molecule has 1 heterocycles. The molecule has 4 nitrogen and oxygen atoms in total. The van der Waals surface area contributed by atoms with Gasteiger partial charge >= 0.3 is 0 Å². The fourth-order valence-corrected chi connectivity index (χ4v) is 2.50. The minimum absolute atomic E-state index is 0.342. The molecule has 0 amide bonds. The van der Waals surface area contributed by atoms with E-state index >= 15 is 0 Å². The molecule has 0 aliphatic carbocycles. The van der Waals surface area contributed by atoms with Gasteiger partial charge in [0.05, 0.1) is 7.11 Å². The van der Waals surface area contributed by atoms with Gasteiger partial charge in [-0.1, -0.05) is 0 Å². The molecule has 1 aliphatic rings. The highest BCUT2D eigenvalue weighted by Crippen LogP contribution is 2.23. The van der Waals surface area contributed by atoms with E-state index in [4.69, 9.17) is 4.74 Å². The van der Waals surface area contributed by atoms with Gasteiger partial charge in [0.25, 0.3) is 0 Å². The van der Waals surface area contributed by atoms with Crippen molar-refractivity contribution in [2.75, 3.05) is 40.3 Å². The van der Waals surface area contributed by atoms with E-state index in [1.54, 1.807) is 19.2 Å². The monoisotopic (exact) mass is 264 g/mol. The molecule has 0 atom stereocenters. The average Bonchev–Trinajstić information content (AvgIpc) is 2.92. The van der Waals surface area contributed by atoms with Gasteiger partial charge in [0.1, 0.15) is 11.5 Å². The van der Waals surface area contributed by atoms with Gasteiger partial charge in [-0.2, -0.15) is 0 Å². The number of nitrogens with zero attached hydrogens (tertiary/aromatic N) is 2. The number of phenolic OH excluding ortho intramolecular Hbond substituents is 1. The lowest BCUT2D eigenvalue weighted by atomic mass is 10.2. The first-order chi connectivity index (χ1) is 9.19. The second-order valence-electron chi connectivity index (χ2n) is 5.28. The summed E-state index contributed by atoms with van der Waals surface area (Å²) in [6.07, 6.45) is 2.67. The van der Waals surface area contributed by atoms with Crippen LogP contribution in [0.15, 0.2) is 18.2 Å². The van der Waals surface area contributed by atoms with Crippen molar-refractivity contribution < 1.29 is 9.84 Å². The summed E-state index contributed by atoms with van der Waals surface area (Å²) in [7, 11) is 3.74. The molecular formula is C15H24N2O2. The zero-order valence-corrected chi connectivity index (χ0v) is 11.9. The normalized spacial score (nSPS) is 16.2. The van der Waals surface area contributed by atoms with E-state index in [2.05, 4.69) is 16.8 Å². The Morgan fingerprint density at radius 2 is 2.05 bits per heavy atom. The third kappa shape index (κ3) is 4.11. The molecule has 0 bridgehead atoms. The van der Waals surface area contributed by atoms with Gasteiger partial charge in [0.2, 0.25) is 0 Å². The van der Waals surface area contributed by atoms with Gasteiger partial charge in [-0.25, -0.2) is 0 Å². The summed E-state index contributed by atoms with van der Waals surface area (Å²) in [6.45, 7) is 5.35. The van der Waals surface area contributed by atoms with Crippen LogP contribution >= 0.6 is 0 Å². The highest BCUT2D eigenvalue weighted by atomic mass is 16.5. The summed E-state index contributed by atoms with van der Waals surface area (Å²) in [5.41, 5.74) is 0.920. The first kappa shape index (κ1) is 14.2. The number of rotatable bonds is 6. The van der Waals surface area contributed by atoms with Crippen LogP contribution in [-0.4, -0.2) is 55.2 Å². The number of benzene rings is 1. The topological polar surface area (TPSA) is 35.9 Å². The third-order valence-corrected chi connectivity index (χ3v) is 3.72. The van der Waals surface area contributed by atoms with Crippen molar-refractivity contribution in [3.8, 4) is 11.5 Å². The number of likely N-dealkylation sites (N-methyl/N-ethyl adjacent to an activating group) is 1. The first-order valence-electron chi connectivity index (χ1n) is 6.96. The lowest BCUT2D eigenvalue weighted by Gasteiger charge is -2.21. The van der Waals surface area contributed by atoms with Crippen LogP contribution in [0.2, 0.25) is 0 Å². The maximum Gasteiger partial charge on any atom is 0.120 e. The summed E-state index contributed by atoms with van der Waals surface area (Å²) in [5.74, 6) is 1.13. The first-order valence-corrected chi connectivity index (χ1v) is 6.96. The molecule has 2 rings (SSSR count). The van der Waals surface area contributed by atoms with Crippen LogP contribution in [0.5, 0.6) is 11.5 Å². The summed E-state index contributed by atoms with van der Waals surface area (Å²) in [5, 5.41) is 9.87. The van der Waals surface area contributed by atoms with E-state index in [-0.39, 0.29) is 0 Å². The van der Waals surface area contributed by atoms with Crippen molar-refractivity contribution in [1.29, 1.82) is 0 Å². The molecule has 1 aromatic carbocycles. The summed E-state index contributed by atoms with van der Waals surface area (Å²) in [6, 6.07) is 5.38. The molecule has 1 fully saturated rings. The van der Waals surface area contributed by atoms with Crippen LogP contribution in [0.4, 0.5) is 0 Å².